The van der Waals surface area contributed by atoms with Crippen molar-refractivity contribution in [3.8, 4) is 11.5 Å². The second-order valence-corrected chi connectivity index (χ2v) is 5.67. The Hall–Kier alpha value is -1.94. The number of aryl methyl sites for hydroxylation is 1. The summed E-state index contributed by atoms with van der Waals surface area (Å²) in [6.45, 7) is 4.26. The molecule has 1 N–H and O–H groups in total. The molecule has 1 fully saturated rings. The SMILES string of the molecule is Cc1cccc(Oc2cnc(CC3CCCNC3)nc2)c1. The third kappa shape index (κ3) is 4.02. The Morgan fingerprint density at radius 2 is 2.10 bits per heavy atom. The van der Waals surface area contributed by atoms with Crippen molar-refractivity contribution in [1.82, 2.24) is 15.3 Å². The molecule has 1 atom stereocenters. The number of benzene rings is 1. The third-order valence-electron chi connectivity index (χ3n) is 3.78. The Morgan fingerprint density at radius 1 is 1.24 bits per heavy atom. The first-order valence-corrected chi connectivity index (χ1v) is 7.56. The second-order valence-electron chi connectivity index (χ2n) is 5.67. The zero-order valence-corrected chi connectivity index (χ0v) is 12.4. The van der Waals surface area contributed by atoms with E-state index in [2.05, 4.69) is 15.3 Å². The minimum absolute atomic E-state index is 0.655. The van der Waals surface area contributed by atoms with Crippen LogP contribution in [0, 0.1) is 12.8 Å². The minimum atomic E-state index is 0.655. The molecule has 0 aliphatic carbocycles. The Bertz CT molecular complexity index is 577. The predicted molar refractivity (Wildman–Crippen MR) is 82.6 cm³/mol. The number of nitrogens with one attached hydrogen (secondary N) is 1. The maximum Gasteiger partial charge on any atom is 0.164 e. The van der Waals surface area contributed by atoms with Crippen molar-refractivity contribution in [2.24, 2.45) is 5.92 Å². The molecule has 3 rings (SSSR count). The summed E-state index contributed by atoms with van der Waals surface area (Å²) in [7, 11) is 0. The Labute approximate surface area is 125 Å². The van der Waals surface area contributed by atoms with Gasteiger partial charge in [0.15, 0.2) is 5.75 Å². The van der Waals surface area contributed by atoms with Crippen molar-refractivity contribution in [3.63, 3.8) is 0 Å². The van der Waals surface area contributed by atoms with E-state index >= 15 is 0 Å². The van der Waals surface area contributed by atoms with E-state index in [1.54, 1.807) is 12.4 Å². The van der Waals surface area contributed by atoms with Gasteiger partial charge in [0.1, 0.15) is 11.6 Å². The zero-order valence-electron chi connectivity index (χ0n) is 12.4. The van der Waals surface area contributed by atoms with E-state index in [0.29, 0.717) is 11.7 Å². The van der Waals surface area contributed by atoms with E-state index < -0.39 is 0 Å². The van der Waals surface area contributed by atoms with Crippen LogP contribution in [0.25, 0.3) is 0 Å². The summed E-state index contributed by atoms with van der Waals surface area (Å²) in [5.74, 6) is 3.07. The van der Waals surface area contributed by atoms with Gasteiger partial charge in [-0.15, -0.1) is 0 Å². The number of rotatable bonds is 4. The lowest BCUT2D eigenvalue weighted by Gasteiger charge is -2.21. The predicted octanol–water partition coefficient (Wildman–Crippen LogP) is 3.12. The van der Waals surface area contributed by atoms with E-state index in [1.165, 1.54) is 18.4 Å². The van der Waals surface area contributed by atoms with Crippen LogP contribution in [-0.4, -0.2) is 23.1 Å². The van der Waals surface area contributed by atoms with Crippen molar-refractivity contribution >= 4 is 0 Å². The van der Waals surface area contributed by atoms with Gasteiger partial charge >= 0.3 is 0 Å². The lowest BCUT2D eigenvalue weighted by Crippen LogP contribution is -2.31. The van der Waals surface area contributed by atoms with Gasteiger partial charge in [0.05, 0.1) is 12.4 Å². The molecule has 4 nitrogen and oxygen atoms in total. The molecular formula is C17H21N3O. The molecule has 110 valence electrons. The first-order chi connectivity index (χ1) is 10.3. The number of hydrogen-bond donors (Lipinski definition) is 1. The number of aromatic nitrogens is 2. The van der Waals surface area contributed by atoms with Crippen molar-refractivity contribution in [1.29, 1.82) is 0 Å². The number of ether oxygens (including phenoxy) is 1. The summed E-state index contributed by atoms with van der Waals surface area (Å²) in [5, 5.41) is 3.42. The van der Waals surface area contributed by atoms with Gasteiger partial charge in [-0.25, -0.2) is 9.97 Å². The molecule has 0 saturated carbocycles. The molecule has 1 aromatic carbocycles. The van der Waals surface area contributed by atoms with Crippen molar-refractivity contribution < 1.29 is 4.74 Å². The highest BCUT2D eigenvalue weighted by Crippen LogP contribution is 2.21. The first kappa shape index (κ1) is 14.0. The van der Waals surface area contributed by atoms with Gasteiger partial charge in [-0.3, -0.25) is 0 Å². The van der Waals surface area contributed by atoms with Gasteiger partial charge in [0, 0.05) is 6.42 Å². The molecule has 4 heteroatoms. The van der Waals surface area contributed by atoms with Crippen LogP contribution >= 0.6 is 0 Å². The maximum atomic E-state index is 5.77. The molecule has 1 aromatic heterocycles. The molecule has 0 spiro atoms. The quantitative estimate of drug-likeness (QED) is 0.936. The van der Waals surface area contributed by atoms with Crippen LogP contribution in [-0.2, 0) is 6.42 Å². The highest BCUT2D eigenvalue weighted by atomic mass is 16.5. The van der Waals surface area contributed by atoms with Gasteiger partial charge in [-0.05, 0) is 56.5 Å². The summed E-state index contributed by atoms with van der Waals surface area (Å²) in [6, 6.07) is 7.97. The monoisotopic (exact) mass is 283 g/mol. The Morgan fingerprint density at radius 3 is 2.81 bits per heavy atom. The normalized spacial score (nSPS) is 18.4. The Kier molecular flexibility index (Phi) is 4.46. The number of hydrogen-bond acceptors (Lipinski definition) is 4. The molecule has 21 heavy (non-hydrogen) atoms. The molecule has 1 aliphatic heterocycles. The van der Waals surface area contributed by atoms with E-state index in [9.17, 15) is 0 Å². The van der Waals surface area contributed by atoms with Crippen LogP contribution in [0.4, 0.5) is 0 Å². The van der Waals surface area contributed by atoms with Crippen molar-refractivity contribution in [2.75, 3.05) is 13.1 Å². The number of nitrogens with zero attached hydrogens (tertiary/aromatic N) is 2. The molecular weight excluding hydrogens is 262 g/mol. The maximum absolute atomic E-state index is 5.77. The highest BCUT2D eigenvalue weighted by Gasteiger charge is 2.14. The van der Waals surface area contributed by atoms with Crippen molar-refractivity contribution in [2.45, 2.75) is 26.2 Å². The summed E-state index contributed by atoms with van der Waals surface area (Å²) in [5.41, 5.74) is 1.18. The minimum Gasteiger partial charge on any atom is -0.454 e. The van der Waals surface area contributed by atoms with Crippen LogP contribution in [0.2, 0.25) is 0 Å². The second kappa shape index (κ2) is 6.68. The molecule has 1 aliphatic rings. The molecule has 0 bridgehead atoms. The summed E-state index contributed by atoms with van der Waals surface area (Å²) in [6.07, 6.45) is 6.98. The van der Waals surface area contributed by atoms with E-state index in [1.807, 2.05) is 31.2 Å². The van der Waals surface area contributed by atoms with E-state index in [-0.39, 0.29) is 0 Å². The van der Waals surface area contributed by atoms with Crippen LogP contribution in [0.5, 0.6) is 11.5 Å². The molecule has 1 saturated heterocycles. The van der Waals surface area contributed by atoms with Gasteiger partial charge in [-0.1, -0.05) is 12.1 Å². The fraction of sp³-hybridized carbons (Fsp3) is 0.412. The molecule has 0 amide bonds. The fourth-order valence-corrected chi connectivity index (χ4v) is 2.67. The summed E-state index contributed by atoms with van der Waals surface area (Å²) >= 11 is 0. The molecule has 0 radical (unpaired) electrons. The Balaban J connectivity index is 1.61. The average Bonchev–Trinajstić information content (AvgIpc) is 2.50. The van der Waals surface area contributed by atoms with Gasteiger partial charge < -0.3 is 10.1 Å². The fourth-order valence-electron chi connectivity index (χ4n) is 2.67. The molecule has 2 heterocycles. The van der Waals surface area contributed by atoms with Crippen LogP contribution in [0.1, 0.15) is 24.2 Å². The average molecular weight is 283 g/mol. The molecule has 2 aromatic rings. The van der Waals surface area contributed by atoms with E-state index in [4.69, 9.17) is 4.74 Å². The lowest BCUT2D eigenvalue weighted by atomic mass is 9.96. The first-order valence-electron chi connectivity index (χ1n) is 7.56. The highest BCUT2D eigenvalue weighted by molar-refractivity contribution is 5.31. The van der Waals surface area contributed by atoms with Gasteiger partial charge in [0.2, 0.25) is 0 Å². The van der Waals surface area contributed by atoms with Crippen LogP contribution in [0.3, 0.4) is 0 Å². The smallest absolute Gasteiger partial charge is 0.164 e. The van der Waals surface area contributed by atoms with Crippen LogP contribution < -0.4 is 10.1 Å². The van der Waals surface area contributed by atoms with Crippen LogP contribution in [0.15, 0.2) is 36.7 Å². The topological polar surface area (TPSA) is 47.0 Å². The van der Waals surface area contributed by atoms with Gasteiger partial charge in [-0.2, -0.15) is 0 Å². The summed E-state index contributed by atoms with van der Waals surface area (Å²) < 4.78 is 5.77. The zero-order chi connectivity index (χ0) is 14.5. The third-order valence-corrected chi connectivity index (χ3v) is 3.78. The number of piperidine rings is 1. The van der Waals surface area contributed by atoms with Gasteiger partial charge in [0.25, 0.3) is 0 Å². The van der Waals surface area contributed by atoms with E-state index in [0.717, 1.165) is 31.1 Å². The summed E-state index contributed by atoms with van der Waals surface area (Å²) in [4.78, 5) is 8.85. The molecule has 1 unspecified atom stereocenters. The largest absolute Gasteiger partial charge is 0.454 e. The standard InChI is InChI=1S/C17H21N3O/c1-13-4-2-6-15(8-13)21-16-11-19-17(20-12-16)9-14-5-3-7-18-10-14/h2,4,6,8,11-12,14,18H,3,5,7,9-10H2,1H3. The van der Waals surface area contributed by atoms with Crippen molar-refractivity contribution in [3.05, 3.63) is 48.0 Å². The lowest BCUT2D eigenvalue weighted by molar-refractivity contribution is 0.370.